The van der Waals surface area contributed by atoms with E-state index in [-0.39, 0.29) is 12.4 Å². The summed E-state index contributed by atoms with van der Waals surface area (Å²) < 4.78 is 2.98. The van der Waals surface area contributed by atoms with Gasteiger partial charge in [-0.15, -0.1) is 5.11 Å². The first-order chi connectivity index (χ1) is 11.6. The zero-order valence-electron chi connectivity index (χ0n) is 13.9. The van der Waals surface area contributed by atoms with Gasteiger partial charge in [-0.2, -0.15) is 0 Å². The molecule has 0 unspecified atom stereocenters. The second-order valence-corrected chi connectivity index (χ2v) is 7.88. The Labute approximate surface area is 166 Å². The molecule has 0 atom stereocenters. The summed E-state index contributed by atoms with van der Waals surface area (Å²) in [4.78, 5) is 2.21. The van der Waals surface area contributed by atoms with Gasteiger partial charge >= 0.3 is 5.13 Å². The summed E-state index contributed by atoms with van der Waals surface area (Å²) in [7, 11) is 4.05. The number of anilines is 1. The zero-order valence-corrected chi connectivity index (χ0v) is 17.1. The van der Waals surface area contributed by atoms with Crippen molar-refractivity contribution in [2.75, 3.05) is 11.9 Å². The van der Waals surface area contributed by atoms with Crippen LogP contribution in [-0.2, 0) is 13.6 Å². The van der Waals surface area contributed by atoms with Crippen LogP contribution >= 0.6 is 27.3 Å². The zero-order chi connectivity index (χ0) is 16.9. The largest absolute Gasteiger partial charge is 1.00 e. The molecule has 0 spiro atoms. The molecule has 3 rings (SSSR count). The second-order valence-electron chi connectivity index (χ2n) is 5.49. The van der Waals surface area contributed by atoms with Crippen LogP contribution in [-0.4, -0.2) is 11.6 Å². The first kappa shape index (κ1) is 19.6. The van der Waals surface area contributed by atoms with Gasteiger partial charge in [0.1, 0.15) is 0 Å². The molecule has 0 radical (unpaired) electrons. The van der Waals surface area contributed by atoms with Gasteiger partial charge in [0.2, 0.25) is 3.79 Å². The molecule has 0 aliphatic rings. The molecule has 0 amide bonds. The van der Waals surface area contributed by atoms with Crippen LogP contribution < -0.4 is 17.3 Å². The van der Waals surface area contributed by atoms with Gasteiger partial charge in [0, 0.05) is 26.3 Å². The number of rotatable bonds is 5. The summed E-state index contributed by atoms with van der Waals surface area (Å²) in [6.07, 6.45) is 1.97. The molecule has 0 fully saturated rings. The normalized spacial score (nSPS) is 10.7. The van der Waals surface area contributed by atoms with Crippen LogP contribution in [0.15, 0.2) is 74.8 Å². The van der Waals surface area contributed by atoms with Crippen molar-refractivity contribution < 1.29 is 12.4 Å². The molecule has 25 heavy (non-hydrogen) atoms. The maximum atomic E-state index is 4.31. The number of nitrogens with zero attached hydrogens (tertiary/aromatic N) is 4. The topological polar surface area (TPSA) is 32.9 Å². The van der Waals surface area contributed by atoms with Crippen LogP contribution in [0.3, 0.4) is 0 Å². The Morgan fingerprint density at radius 3 is 2.40 bits per heavy atom. The molecule has 0 aliphatic heterocycles. The number of aryl methyl sites for hydroxylation is 1. The molecular formula is C18H18BrClN4S. The number of hydrogen-bond donors (Lipinski definition) is 0. The minimum absolute atomic E-state index is 0. The van der Waals surface area contributed by atoms with E-state index in [4.69, 9.17) is 0 Å². The van der Waals surface area contributed by atoms with Crippen molar-refractivity contribution in [1.82, 2.24) is 4.57 Å². The molecule has 130 valence electrons. The second kappa shape index (κ2) is 9.08. The molecule has 3 aromatic rings. The van der Waals surface area contributed by atoms with Crippen molar-refractivity contribution in [2.24, 2.45) is 17.3 Å². The lowest BCUT2D eigenvalue weighted by atomic mass is 10.2. The van der Waals surface area contributed by atoms with Crippen molar-refractivity contribution >= 4 is 43.8 Å². The fourth-order valence-electron chi connectivity index (χ4n) is 2.31. The van der Waals surface area contributed by atoms with Gasteiger partial charge in [-0.05, 0) is 29.8 Å². The van der Waals surface area contributed by atoms with Crippen molar-refractivity contribution in [3.63, 3.8) is 0 Å². The van der Waals surface area contributed by atoms with E-state index in [9.17, 15) is 0 Å². The lowest BCUT2D eigenvalue weighted by Crippen LogP contribution is -3.00. The fourth-order valence-corrected chi connectivity index (χ4v) is 3.71. The van der Waals surface area contributed by atoms with Crippen molar-refractivity contribution in [3.8, 4) is 0 Å². The summed E-state index contributed by atoms with van der Waals surface area (Å²) in [6, 6.07) is 18.6. The number of aromatic nitrogens is 1. The van der Waals surface area contributed by atoms with Crippen molar-refractivity contribution in [1.29, 1.82) is 0 Å². The quantitative estimate of drug-likeness (QED) is 0.446. The van der Waals surface area contributed by atoms with Gasteiger partial charge in [-0.1, -0.05) is 35.4 Å². The van der Waals surface area contributed by atoms with Gasteiger partial charge in [0.15, 0.2) is 6.20 Å². The standard InChI is InChI=1S/C18H18BrN4S.ClH/c1-22(12-14-6-4-3-5-7-14)16-10-8-15(9-11-16)20-21-18-23(2)13-17(19)24-18;/h3-11,13H,12H2,1-2H3;1H/q+1;/p-1. The number of benzene rings is 2. The summed E-state index contributed by atoms with van der Waals surface area (Å²) in [5.41, 5.74) is 3.29. The van der Waals surface area contributed by atoms with Crippen LogP contribution in [0, 0.1) is 0 Å². The van der Waals surface area contributed by atoms with E-state index >= 15 is 0 Å². The van der Waals surface area contributed by atoms with E-state index in [0.29, 0.717) is 0 Å². The molecule has 1 aromatic heterocycles. The van der Waals surface area contributed by atoms with Crippen LogP contribution in [0.4, 0.5) is 16.5 Å². The molecule has 7 heteroatoms. The van der Waals surface area contributed by atoms with Gasteiger partial charge in [0.05, 0.1) is 33.0 Å². The SMILES string of the molecule is CN(Cc1ccccc1)c1ccc(N=N[c+]2sc(Br)cn2C)cc1.[Cl-]. The van der Waals surface area contributed by atoms with Crippen molar-refractivity contribution in [3.05, 3.63) is 70.1 Å². The van der Waals surface area contributed by atoms with Crippen LogP contribution in [0.25, 0.3) is 0 Å². The van der Waals surface area contributed by atoms with Gasteiger partial charge in [-0.25, -0.2) is 4.57 Å². The van der Waals surface area contributed by atoms with Gasteiger partial charge in [0.25, 0.3) is 0 Å². The molecule has 0 saturated heterocycles. The smallest absolute Gasteiger partial charge is 0.318 e. The predicted octanol–water partition coefficient (Wildman–Crippen LogP) is 3.19. The molecule has 0 saturated carbocycles. The number of thiazole rings is 1. The number of hydrogen-bond acceptors (Lipinski definition) is 4. The highest BCUT2D eigenvalue weighted by molar-refractivity contribution is 9.11. The molecule has 1 heterocycles. The summed E-state index contributed by atoms with van der Waals surface area (Å²) in [5.74, 6) is 0. The molecule has 2 aromatic carbocycles. The Morgan fingerprint density at radius 2 is 1.80 bits per heavy atom. The van der Waals surface area contributed by atoms with E-state index in [2.05, 4.69) is 74.5 Å². The van der Waals surface area contributed by atoms with E-state index in [1.807, 2.05) is 36.0 Å². The molecular weight excluding hydrogens is 420 g/mol. The third-order valence-electron chi connectivity index (χ3n) is 3.59. The molecule has 0 bridgehead atoms. The van der Waals surface area contributed by atoms with E-state index in [1.165, 1.54) is 5.56 Å². The Balaban J connectivity index is 0.00000225. The van der Waals surface area contributed by atoms with Crippen LogP contribution in [0.1, 0.15) is 5.56 Å². The third kappa shape index (κ3) is 5.36. The van der Waals surface area contributed by atoms with Crippen LogP contribution in [0.2, 0.25) is 0 Å². The van der Waals surface area contributed by atoms with Crippen molar-refractivity contribution in [2.45, 2.75) is 6.54 Å². The monoisotopic (exact) mass is 436 g/mol. The highest BCUT2D eigenvalue weighted by Gasteiger charge is 2.11. The van der Waals surface area contributed by atoms with Gasteiger partial charge < -0.3 is 17.3 Å². The Bertz CT molecular complexity index is 834. The lowest BCUT2D eigenvalue weighted by molar-refractivity contribution is -0.00000478. The van der Waals surface area contributed by atoms with E-state index in [1.54, 1.807) is 11.3 Å². The number of halogens is 2. The lowest BCUT2D eigenvalue weighted by Gasteiger charge is -2.19. The first-order valence-electron chi connectivity index (χ1n) is 7.53. The fraction of sp³-hybridized carbons (Fsp3) is 0.167. The summed E-state index contributed by atoms with van der Waals surface area (Å²) in [6.45, 7) is 0.876. The predicted molar refractivity (Wildman–Crippen MR) is 105 cm³/mol. The highest BCUT2D eigenvalue weighted by Crippen LogP contribution is 2.30. The Hall–Kier alpha value is -1.76. The third-order valence-corrected chi connectivity index (χ3v) is 5.13. The minimum atomic E-state index is 0. The molecule has 0 N–H and O–H groups in total. The average molecular weight is 438 g/mol. The van der Waals surface area contributed by atoms with Crippen LogP contribution in [0.5, 0.6) is 0 Å². The van der Waals surface area contributed by atoms with Gasteiger partial charge in [-0.3, -0.25) is 0 Å². The summed E-state index contributed by atoms with van der Waals surface area (Å²) >= 11 is 5.01. The maximum absolute atomic E-state index is 4.31. The Kier molecular flexibility index (Phi) is 7.11. The van der Waals surface area contributed by atoms with E-state index in [0.717, 1.165) is 26.8 Å². The first-order valence-corrected chi connectivity index (χ1v) is 9.14. The molecule has 4 nitrogen and oxygen atoms in total. The maximum Gasteiger partial charge on any atom is 0.318 e. The Morgan fingerprint density at radius 1 is 1.12 bits per heavy atom. The highest BCUT2D eigenvalue weighted by atomic mass is 79.9. The van der Waals surface area contributed by atoms with E-state index < -0.39 is 0 Å². The summed E-state index contributed by atoms with van der Waals surface area (Å²) in [5, 5.41) is 9.47. The average Bonchev–Trinajstić information content (AvgIpc) is 2.92. The number of azo groups is 1. The molecule has 0 aliphatic carbocycles. The minimum Gasteiger partial charge on any atom is -1.00 e.